The molecule has 0 bridgehead atoms. The fourth-order valence-electron chi connectivity index (χ4n) is 5.17. The average Bonchev–Trinajstić information content (AvgIpc) is 2.87. The Bertz CT molecular complexity index is 1380. The Balaban J connectivity index is 1.63. The number of fused-ring (bicyclic) bond motifs is 1. The van der Waals surface area contributed by atoms with E-state index in [-0.39, 0.29) is 33.2 Å². The number of rotatable bonds is 8. The number of nitrogens with zero attached hydrogens (tertiary/aromatic N) is 2. The zero-order chi connectivity index (χ0) is 26.8. The first-order valence-electron chi connectivity index (χ1n) is 12.7. The summed E-state index contributed by atoms with van der Waals surface area (Å²) < 4.78 is 23.1. The van der Waals surface area contributed by atoms with E-state index in [1.165, 1.54) is 22.5 Å². The van der Waals surface area contributed by atoms with E-state index in [1.807, 2.05) is 16.7 Å². The summed E-state index contributed by atoms with van der Waals surface area (Å²) >= 11 is 5.96. The maximum Gasteiger partial charge on any atom is 0.261 e. The van der Waals surface area contributed by atoms with E-state index < -0.39 is 14.1 Å². The van der Waals surface area contributed by atoms with Crippen LogP contribution in [0.15, 0.2) is 83.8 Å². The Morgan fingerprint density at radius 3 is 2.08 bits per heavy atom. The second-order valence-electron chi connectivity index (χ2n) is 10.7. The standard InChI is InChI=1S/C30H34ClFN2O2Si/c1-21(34-19-18-27(35)25-20-26(32)28(31)33-29(25)34)16-17-22(2)36-37(30(3,4)5,23-12-8-6-9-13-23)24-14-10-7-11-15-24/h6-15,18-22H,16-17H2,1-5H3. The number of aromatic nitrogens is 2. The van der Waals surface area contributed by atoms with Crippen molar-refractivity contribution >= 4 is 41.3 Å². The van der Waals surface area contributed by atoms with E-state index in [9.17, 15) is 9.18 Å². The fraction of sp³-hybridized carbons (Fsp3) is 0.333. The van der Waals surface area contributed by atoms with Gasteiger partial charge in [-0.05, 0) is 48.2 Å². The molecule has 0 aliphatic heterocycles. The van der Waals surface area contributed by atoms with Crippen LogP contribution in [-0.4, -0.2) is 24.0 Å². The number of benzene rings is 2. The van der Waals surface area contributed by atoms with Gasteiger partial charge in [-0.2, -0.15) is 0 Å². The highest BCUT2D eigenvalue weighted by Gasteiger charge is 2.50. The van der Waals surface area contributed by atoms with Gasteiger partial charge in [-0.1, -0.05) is 93.0 Å². The molecule has 2 unspecified atom stereocenters. The second kappa shape index (κ2) is 10.9. The predicted molar refractivity (Wildman–Crippen MR) is 153 cm³/mol. The molecule has 0 N–H and O–H groups in total. The van der Waals surface area contributed by atoms with Gasteiger partial charge in [0.1, 0.15) is 5.65 Å². The van der Waals surface area contributed by atoms with Gasteiger partial charge in [0.05, 0.1) is 5.39 Å². The van der Waals surface area contributed by atoms with E-state index in [4.69, 9.17) is 16.0 Å². The van der Waals surface area contributed by atoms with Crippen molar-refractivity contribution in [3.05, 3.63) is 100 Å². The third-order valence-electron chi connectivity index (χ3n) is 7.07. The van der Waals surface area contributed by atoms with Crippen molar-refractivity contribution in [1.82, 2.24) is 9.55 Å². The minimum Gasteiger partial charge on any atom is -0.405 e. The van der Waals surface area contributed by atoms with E-state index in [0.29, 0.717) is 5.65 Å². The van der Waals surface area contributed by atoms with Crippen molar-refractivity contribution in [3.8, 4) is 0 Å². The summed E-state index contributed by atoms with van der Waals surface area (Å²) in [4.78, 5) is 16.5. The highest BCUT2D eigenvalue weighted by Crippen LogP contribution is 2.38. The van der Waals surface area contributed by atoms with Crippen LogP contribution in [-0.2, 0) is 4.43 Å². The number of hydrogen-bond donors (Lipinski definition) is 0. The molecule has 0 saturated heterocycles. The quantitative estimate of drug-likeness (QED) is 0.191. The van der Waals surface area contributed by atoms with Crippen LogP contribution < -0.4 is 15.8 Å². The summed E-state index contributed by atoms with van der Waals surface area (Å²) in [7, 11) is -2.65. The third kappa shape index (κ3) is 5.42. The lowest BCUT2D eigenvalue weighted by Crippen LogP contribution is -2.67. The summed E-state index contributed by atoms with van der Waals surface area (Å²) in [6.45, 7) is 11.0. The molecule has 0 saturated carbocycles. The van der Waals surface area contributed by atoms with Crippen molar-refractivity contribution in [3.63, 3.8) is 0 Å². The number of hydrogen-bond acceptors (Lipinski definition) is 3. The molecule has 2 aromatic carbocycles. The molecule has 0 radical (unpaired) electrons. The van der Waals surface area contributed by atoms with Gasteiger partial charge in [0, 0.05) is 24.4 Å². The first-order valence-corrected chi connectivity index (χ1v) is 15.0. The molecule has 4 nitrogen and oxygen atoms in total. The number of pyridine rings is 2. The molecule has 194 valence electrons. The van der Waals surface area contributed by atoms with Crippen LogP contribution in [0.25, 0.3) is 11.0 Å². The molecule has 0 amide bonds. The summed E-state index contributed by atoms with van der Waals surface area (Å²) in [6.07, 6.45) is 3.28. The normalized spacial score (nSPS) is 14.0. The van der Waals surface area contributed by atoms with Crippen LogP contribution in [0, 0.1) is 5.82 Å². The lowest BCUT2D eigenvalue weighted by Gasteiger charge is -2.44. The van der Waals surface area contributed by atoms with Gasteiger partial charge < -0.3 is 8.99 Å². The van der Waals surface area contributed by atoms with Crippen molar-refractivity contribution in [2.45, 2.75) is 64.6 Å². The molecule has 2 atom stereocenters. The van der Waals surface area contributed by atoms with Crippen LogP contribution in [0.1, 0.15) is 53.5 Å². The molecule has 0 aliphatic carbocycles. The van der Waals surface area contributed by atoms with E-state index in [2.05, 4.69) is 88.1 Å². The fourth-order valence-corrected chi connectivity index (χ4v) is 10.0. The molecular formula is C30H34ClFN2O2Si. The average molecular weight is 537 g/mol. The van der Waals surface area contributed by atoms with Gasteiger partial charge in [-0.25, -0.2) is 9.37 Å². The molecule has 4 aromatic rings. The van der Waals surface area contributed by atoms with Crippen molar-refractivity contribution in [2.75, 3.05) is 0 Å². The van der Waals surface area contributed by atoms with Gasteiger partial charge in [-0.15, -0.1) is 0 Å². The summed E-state index contributed by atoms with van der Waals surface area (Å²) in [5, 5.41) is 2.40. The topological polar surface area (TPSA) is 44.1 Å². The lowest BCUT2D eigenvalue weighted by atomic mass is 10.1. The summed E-state index contributed by atoms with van der Waals surface area (Å²) in [5.74, 6) is -0.691. The minimum atomic E-state index is -2.65. The van der Waals surface area contributed by atoms with Crippen molar-refractivity contribution in [1.29, 1.82) is 0 Å². The molecule has 0 fully saturated rings. The summed E-state index contributed by atoms with van der Waals surface area (Å²) in [5.41, 5.74) is 0.122. The maximum absolute atomic E-state index is 14.0. The van der Waals surface area contributed by atoms with Crippen LogP contribution in [0.5, 0.6) is 0 Å². The van der Waals surface area contributed by atoms with Gasteiger partial charge in [0.15, 0.2) is 16.4 Å². The van der Waals surface area contributed by atoms with Crippen molar-refractivity contribution in [2.24, 2.45) is 0 Å². The molecule has 2 heterocycles. The predicted octanol–water partition coefficient (Wildman–Crippen LogP) is 6.50. The van der Waals surface area contributed by atoms with Gasteiger partial charge in [-0.3, -0.25) is 4.79 Å². The third-order valence-corrected chi connectivity index (χ3v) is 12.5. The molecule has 0 aliphatic rings. The zero-order valence-corrected chi connectivity index (χ0v) is 23.8. The highest BCUT2D eigenvalue weighted by atomic mass is 35.5. The molecule has 0 spiro atoms. The monoisotopic (exact) mass is 536 g/mol. The molecule has 7 heteroatoms. The van der Waals surface area contributed by atoms with Crippen LogP contribution in [0.2, 0.25) is 10.2 Å². The Hall–Kier alpha value is -2.80. The van der Waals surface area contributed by atoms with Crippen molar-refractivity contribution < 1.29 is 8.82 Å². The van der Waals surface area contributed by atoms with E-state index >= 15 is 0 Å². The Kier molecular flexibility index (Phi) is 8.02. The van der Waals surface area contributed by atoms with E-state index in [0.717, 1.165) is 12.8 Å². The Morgan fingerprint density at radius 2 is 1.54 bits per heavy atom. The Morgan fingerprint density at radius 1 is 0.973 bits per heavy atom. The van der Waals surface area contributed by atoms with Crippen LogP contribution in [0.4, 0.5) is 4.39 Å². The first-order chi connectivity index (χ1) is 17.5. The largest absolute Gasteiger partial charge is 0.405 e. The highest BCUT2D eigenvalue weighted by molar-refractivity contribution is 6.99. The van der Waals surface area contributed by atoms with Crippen LogP contribution >= 0.6 is 11.6 Å². The molecule has 4 rings (SSSR count). The van der Waals surface area contributed by atoms with E-state index in [1.54, 1.807) is 6.20 Å². The van der Waals surface area contributed by atoms with Gasteiger partial charge >= 0.3 is 0 Å². The first kappa shape index (κ1) is 27.2. The minimum absolute atomic E-state index is 0.00216. The zero-order valence-electron chi connectivity index (χ0n) is 22.0. The molecular weight excluding hydrogens is 503 g/mol. The lowest BCUT2D eigenvalue weighted by molar-refractivity contribution is 0.187. The summed E-state index contributed by atoms with van der Waals surface area (Å²) in [6, 6.07) is 23.8. The molecule has 37 heavy (non-hydrogen) atoms. The van der Waals surface area contributed by atoms with Crippen LogP contribution in [0.3, 0.4) is 0 Å². The SMILES string of the molecule is CC(CCC(C)n1ccc(=O)c2cc(F)c(Cl)nc21)O[Si](c1ccccc1)(c1ccccc1)C(C)(C)C. The van der Waals surface area contributed by atoms with Gasteiger partial charge in [0.25, 0.3) is 8.32 Å². The molecule has 2 aromatic heterocycles. The maximum atomic E-state index is 14.0. The smallest absolute Gasteiger partial charge is 0.261 e. The van der Waals surface area contributed by atoms with Gasteiger partial charge in [0.2, 0.25) is 0 Å². The number of halogens is 2. The Labute approximate surface area is 224 Å². The second-order valence-corrected chi connectivity index (χ2v) is 15.3.